The predicted molar refractivity (Wildman–Crippen MR) is 67.0 cm³/mol. The van der Waals surface area contributed by atoms with Crippen molar-refractivity contribution in [3.05, 3.63) is 29.6 Å². The van der Waals surface area contributed by atoms with Gasteiger partial charge in [-0.3, -0.25) is 0 Å². The lowest BCUT2D eigenvalue weighted by Crippen LogP contribution is -2.40. The molecule has 1 heterocycles. The highest BCUT2D eigenvalue weighted by Crippen LogP contribution is 2.38. The van der Waals surface area contributed by atoms with Gasteiger partial charge in [-0.25, -0.2) is 8.78 Å². The summed E-state index contributed by atoms with van der Waals surface area (Å²) in [6, 6.07) is 4.34. The van der Waals surface area contributed by atoms with E-state index in [0.29, 0.717) is 12.1 Å². The summed E-state index contributed by atoms with van der Waals surface area (Å²) in [5.41, 5.74) is -1.13. The number of ether oxygens (including phenoxy) is 1. The second-order valence-electron chi connectivity index (χ2n) is 4.97. The number of nitrogens with one attached hydrogen (secondary N) is 1. The van der Waals surface area contributed by atoms with Crippen LogP contribution in [0.4, 0.5) is 8.78 Å². The fourth-order valence-corrected chi connectivity index (χ4v) is 2.52. The topological polar surface area (TPSA) is 21.3 Å². The van der Waals surface area contributed by atoms with Crippen LogP contribution in [-0.4, -0.2) is 20.2 Å². The van der Waals surface area contributed by atoms with Crippen molar-refractivity contribution >= 4 is 0 Å². The molecule has 0 aliphatic carbocycles. The van der Waals surface area contributed by atoms with Gasteiger partial charge in [-0.15, -0.1) is 0 Å². The third-order valence-corrected chi connectivity index (χ3v) is 3.78. The average molecular weight is 255 g/mol. The number of rotatable bonds is 3. The Labute approximate surface area is 106 Å². The minimum Gasteiger partial charge on any atom is -0.494 e. The molecule has 0 spiro atoms. The number of benzene rings is 1. The van der Waals surface area contributed by atoms with Crippen LogP contribution >= 0.6 is 0 Å². The van der Waals surface area contributed by atoms with Crippen LogP contribution in [0.3, 0.4) is 0 Å². The van der Waals surface area contributed by atoms with Gasteiger partial charge < -0.3 is 10.1 Å². The standard InChI is InChI=1S/C14H19F2NO/c1-14(16,11-4-3-7-17-9-11)10-5-6-13(18-2)12(15)8-10/h5-6,8,11,17H,3-4,7,9H2,1-2H3. The number of alkyl halides is 1. The van der Waals surface area contributed by atoms with Gasteiger partial charge in [0.2, 0.25) is 0 Å². The largest absolute Gasteiger partial charge is 0.494 e. The molecule has 1 aromatic rings. The van der Waals surface area contributed by atoms with Crippen LogP contribution in [0.25, 0.3) is 0 Å². The summed E-state index contributed by atoms with van der Waals surface area (Å²) in [4.78, 5) is 0. The maximum atomic E-state index is 14.9. The first-order valence-corrected chi connectivity index (χ1v) is 6.29. The van der Waals surface area contributed by atoms with Crippen molar-refractivity contribution in [2.75, 3.05) is 20.2 Å². The van der Waals surface area contributed by atoms with E-state index in [1.165, 1.54) is 26.2 Å². The Hall–Kier alpha value is -1.16. The van der Waals surface area contributed by atoms with Crippen molar-refractivity contribution < 1.29 is 13.5 Å². The lowest BCUT2D eigenvalue weighted by Gasteiger charge is -2.34. The van der Waals surface area contributed by atoms with Gasteiger partial charge in [0.15, 0.2) is 11.6 Å². The molecule has 18 heavy (non-hydrogen) atoms. The quantitative estimate of drug-likeness (QED) is 0.896. The molecule has 2 nitrogen and oxygen atoms in total. The fourth-order valence-electron chi connectivity index (χ4n) is 2.52. The van der Waals surface area contributed by atoms with Gasteiger partial charge in [-0.2, -0.15) is 0 Å². The van der Waals surface area contributed by atoms with Gasteiger partial charge in [-0.05, 0) is 44.0 Å². The van der Waals surface area contributed by atoms with Crippen LogP contribution in [0, 0.1) is 11.7 Å². The van der Waals surface area contributed by atoms with Crippen LogP contribution in [-0.2, 0) is 5.67 Å². The molecule has 0 amide bonds. The van der Waals surface area contributed by atoms with Crippen LogP contribution in [0.2, 0.25) is 0 Å². The van der Waals surface area contributed by atoms with Gasteiger partial charge in [0.25, 0.3) is 0 Å². The zero-order valence-electron chi connectivity index (χ0n) is 10.8. The van der Waals surface area contributed by atoms with E-state index in [1.54, 1.807) is 6.07 Å². The Balaban J connectivity index is 2.25. The van der Waals surface area contributed by atoms with Crippen LogP contribution in [0.5, 0.6) is 5.75 Å². The number of piperidine rings is 1. The molecule has 1 aromatic carbocycles. The summed E-state index contributed by atoms with van der Waals surface area (Å²) in [5, 5.41) is 3.19. The normalized spacial score (nSPS) is 23.4. The molecular weight excluding hydrogens is 236 g/mol. The molecule has 2 atom stereocenters. The molecule has 1 N–H and O–H groups in total. The van der Waals surface area contributed by atoms with Gasteiger partial charge in [0.1, 0.15) is 5.67 Å². The number of halogens is 2. The summed E-state index contributed by atoms with van der Waals surface area (Å²) in [5.74, 6) is -0.474. The van der Waals surface area contributed by atoms with E-state index in [2.05, 4.69) is 5.32 Å². The highest BCUT2D eigenvalue weighted by molar-refractivity contribution is 5.32. The van der Waals surface area contributed by atoms with E-state index < -0.39 is 11.5 Å². The monoisotopic (exact) mass is 255 g/mol. The summed E-state index contributed by atoms with van der Waals surface area (Å²) < 4.78 is 33.4. The molecular formula is C14H19F2NO. The van der Waals surface area contributed by atoms with Crippen molar-refractivity contribution in [2.45, 2.75) is 25.4 Å². The Morgan fingerprint density at radius 2 is 2.22 bits per heavy atom. The number of methoxy groups -OCH3 is 1. The fraction of sp³-hybridized carbons (Fsp3) is 0.571. The minimum atomic E-state index is -1.51. The first-order valence-electron chi connectivity index (χ1n) is 6.29. The van der Waals surface area contributed by atoms with Crippen LogP contribution < -0.4 is 10.1 Å². The minimum absolute atomic E-state index is 0.112. The maximum Gasteiger partial charge on any atom is 0.165 e. The Kier molecular flexibility index (Phi) is 3.85. The highest BCUT2D eigenvalue weighted by Gasteiger charge is 2.37. The van der Waals surface area contributed by atoms with E-state index in [-0.39, 0.29) is 11.7 Å². The first-order chi connectivity index (χ1) is 8.55. The third kappa shape index (κ3) is 2.48. The van der Waals surface area contributed by atoms with Crippen molar-refractivity contribution in [1.82, 2.24) is 5.32 Å². The number of hydrogen-bond acceptors (Lipinski definition) is 2. The second-order valence-corrected chi connectivity index (χ2v) is 4.97. The van der Waals surface area contributed by atoms with Gasteiger partial charge in [-0.1, -0.05) is 6.07 Å². The van der Waals surface area contributed by atoms with Crippen LogP contribution in [0.1, 0.15) is 25.3 Å². The van der Waals surface area contributed by atoms with Gasteiger partial charge >= 0.3 is 0 Å². The Bertz CT molecular complexity index is 414. The zero-order chi connectivity index (χ0) is 13.2. The van der Waals surface area contributed by atoms with Crippen molar-refractivity contribution in [1.29, 1.82) is 0 Å². The Morgan fingerprint density at radius 3 is 2.78 bits per heavy atom. The summed E-state index contributed by atoms with van der Waals surface area (Å²) in [6.07, 6.45) is 1.79. The molecule has 1 aliphatic heterocycles. The van der Waals surface area contributed by atoms with Crippen molar-refractivity contribution in [3.8, 4) is 5.75 Å². The van der Waals surface area contributed by atoms with Crippen molar-refractivity contribution in [2.24, 2.45) is 5.92 Å². The second kappa shape index (κ2) is 5.22. The van der Waals surface area contributed by atoms with Gasteiger partial charge in [0, 0.05) is 12.5 Å². The summed E-state index contributed by atoms with van der Waals surface area (Å²) in [7, 11) is 1.40. The summed E-state index contributed by atoms with van der Waals surface area (Å²) in [6.45, 7) is 3.11. The molecule has 0 bridgehead atoms. The summed E-state index contributed by atoms with van der Waals surface area (Å²) >= 11 is 0. The molecule has 1 aliphatic rings. The molecule has 2 rings (SSSR count). The molecule has 4 heteroatoms. The molecule has 2 unspecified atom stereocenters. The lowest BCUT2D eigenvalue weighted by molar-refractivity contribution is 0.0807. The van der Waals surface area contributed by atoms with E-state index in [9.17, 15) is 8.78 Å². The lowest BCUT2D eigenvalue weighted by atomic mass is 9.80. The highest BCUT2D eigenvalue weighted by atomic mass is 19.1. The number of hydrogen-bond donors (Lipinski definition) is 1. The van der Waals surface area contributed by atoms with E-state index in [4.69, 9.17) is 4.74 Å². The predicted octanol–water partition coefficient (Wildman–Crippen LogP) is 3.02. The van der Waals surface area contributed by atoms with Crippen molar-refractivity contribution in [3.63, 3.8) is 0 Å². The zero-order valence-corrected chi connectivity index (χ0v) is 10.8. The molecule has 0 aromatic heterocycles. The molecule has 0 saturated carbocycles. The SMILES string of the molecule is COc1ccc(C(C)(F)C2CCCNC2)cc1F. The van der Waals surface area contributed by atoms with Gasteiger partial charge in [0.05, 0.1) is 7.11 Å². The van der Waals surface area contributed by atoms with E-state index in [1.807, 2.05) is 0 Å². The van der Waals surface area contributed by atoms with E-state index in [0.717, 1.165) is 19.4 Å². The Morgan fingerprint density at radius 1 is 1.44 bits per heavy atom. The average Bonchev–Trinajstić information content (AvgIpc) is 2.39. The third-order valence-electron chi connectivity index (χ3n) is 3.78. The molecule has 1 saturated heterocycles. The van der Waals surface area contributed by atoms with E-state index >= 15 is 0 Å². The molecule has 0 radical (unpaired) electrons. The molecule has 1 fully saturated rings. The first kappa shape index (κ1) is 13.3. The maximum absolute atomic E-state index is 14.9. The molecule has 100 valence electrons. The smallest absolute Gasteiger partial charge is 0.165 e. The van der Waals surface area contributed by atoms with Crippen LogP contribution in [0.15, 0.2) is 18.2 Å².